The summed E-state index contributed by atoms with van der Waals surface area (Å²) in [5.41, 5.74) is 4.24. The van der Waals surface area contributed by atoms with Crippen LogP contribution in [0.5, 0.6) is 0 Å². The van der Waals surface area contributed by atoms with Crippen LogP contribution >= 0.6 is 0 Å². The molecular weight excluding hydrogens is 709 g/mol. The topological polar surface area (TPSA) is 166 Å². The summed E-state index contributed by atoms with van der Waals surface area (Å²) in [4.78, 5) is 52.4. The molecule has 0 aromatic carbocycles. The second-order valence-electron chi connectivity index (χ2n) is 15.4. The molecule has 0 spiro atoms. The van der Waals surface area contributed by atoms with Crippen molar-refractivity contribution in [3.63, 3.8) is 0 Å². The van der Waals surface area contributed by atoms with E-state index in [9.17, 15) is 9.59 Å². The van der Waals surface area contributed by atoms with Gasteiger partial charge in [-0.2, -0.15) is 0 Å². The molecule has 56 heavy (non-hydrogen) atoms. The maximum atomic E-state index is 12.1. The Labute approximate surface area is 331 Å². The molecule has 8 atom stereocenters. The average Bonchev–Trinajstić information content (AvgIpc) is 4.03. The molecule has 0 bridgehead atoms. The Balaban J connectivity index is 0.000000207. The highest BCUT2D eigenvalue weighted by atomic mass is 16.5. The standard InChI is InChI=1S/2C20H27N5O2.2CH4/c2*1-4-17(26)25-9-14(6-5-12(25)2)24-20-18-16(15-7-13(15)10-27-3)8-21-19(18)22-11-23-20;;/h2*4,8,11-15H,1,5-7,9-10H2,2-3H3,(H2,21,22,23,24);2*1H4/t12-,13?,14+,15?;12-,13-,14+,15?;;/m00../s1. The lowest BCUT2D eigenvalue weighted by molar-refractivity contribution is -0.130. The molecule has 4 fully saturated rings. The van der Waals surface area contributed by atoms with E-state index in [0.29, 0.717) is 36.8 Å². The molecule has 6 heterocycles. The minimum Gasteiger partial charge on any atom is -0.384 e. The van der Waals surface area contributed by atoms with Crippen LogP contribution in [0, 0.1) is 11.8 Å². The largest absolute Gasteiger partial charge is 0.384 e. The molecule has 2 aliphatic heterocycles. The van der Waals surface area contributed by atoms with E-state index in [-0.39, 0.29) is 50.8 Å². The number of nitrogens with zero attached hydrogens (tertiary/aromatic N) is 6. The number of aromatic amines is 2. The number of H-pyrrole nitrogens is 2. The fourth-order valence-electron chi connectivity index (χ4n) is 8.52. The lowest BCUT2D eigenvalue weighted by Crippen LogP contribution is -2.49. The number of likely N-dealkylation sites (tertiary alicyclic amines) is 2. The number of anilines is 2. The molecule has 14 heteroatoms. The van der Waals surface area contributed by atoms with Gasteiger partial charge in [-0.1, -0.05) is 28.0 Å². The van der Waals surface area contributed by atoms with Crippen molar-refractivity contribution in [3.8, 4) is 0 Å². The molecule has 8 rings (SSSR count). The van der Waals surface area contributed by atoms with Crippen molar-refractivity contribution in [1.82, 2.24) is 39.7 Å². The summed E-state index contributed by atoms with van der Waals surface area (Å²) in [6, 6.07) is 0.811. The number of hydrogen-bond acceptors (Lipinski definition) is 10. The number of methoxy groups -OCH3 is 2. The van der Waals surface area contributed by atoms with Gasteiger partial charge in [0, 0.05) is 77.1 Å². The van der Waals surface area contributed by atoms with Crippen LogP contribution in [-0.2, 0) is 19.1 Å². The second-order valence-corrected chi connectivity index (χ2v) is 15.4. The number of rotatable bonds is 12. The maximum absolute atomic E-state index is 12.1. The van der Waals surface area contributed by atoms with Gasteiger partial charge in [0.05, 0.1) is 10.8 Å². The number of amides is 2. The van der Waals surface area contributed by atoms with Crippen molar-refractivity contribution in [2.24, 2.45) is 11.8 Å². The first-order chi connectivity index (χ1) is 26.2. The highest BCUT2D eigenvalue weighted by molar-refractivity contribution is 5.92. The van der Waals surface area contributed by atoms with Gasteiger partial charge in [0.2, 0.25) is 11.8 Å². The molecule has 4 aromatic heterocycles. The predicted molar refractivity (Wildman–Crippen MR) is 223 cm³/mol. The normalized spacial score (nSPS) is 26.6. The zero-order valence-corrected chi connectivity index (χ0v) is 31.9. The van der Waals surface area contributed by atoms with Crippen LogP contribution in [0.3, 0.4) is 0 Å². The third-order valence-electron chi connectivity index (χ3n) is 11.8. The highest BCUT2D eigenvalue weighted by Crippen LogP contribution is 2.51. The molecule has 3 unspecified atom stereocenters. The van der Waals surface area contributed by atoms with Gasteiger partial charge in [-0.3, -0.25) is 9.59 Å². The van der Waals surface area contributed by atoms with Crippen LogP contribution in [0.15, 0.2) is 50.4 Å². The molecule has 14 nitrogen and oxygen atoms in total. The third-order valence-corrected chi connectivity index (χ3v) is 11.8. The second kappa shape index (κ2) is 18.4. The van der Waals surface area contributed by atoms with E-state index in [4.69, 9.17) is 9.47 Å². The van der Waals surface area contributed by atoms with Crippen LogP contribution in [-0.4, -0.2) is 116 Å². The van der Waals surface area contributed by atoms with Gasteiger partial charge >= 0.3 is 0 Å². The lowest BCUT2D eigenvalue weighted by atomic mass is 9.99. The Morgan fingerprint density at radius 2 is 1.14 bits per heavy atom. The van der Waals surface area contributed by atoms with Crippen molar-refractivity contribution < 1.29 is 19.1 Å². The van der Waals surface area contributed by atoms with Gasteiger partial charge in [0.1, 0.15) is 35.6 Å². The fraction of sp³-hybridized carbons (Fsp3) is 0.571. The Morgan fingerprint density at radius 1 is 0.732 bits per heavy atom. The summed E-state index contributed by atoms with van der Waals surface area (Å²) in [7, 11) is 3.50. The molecule has 2 amide bonds. The van der Waals surface area contributed by atoms with Gasteiger partial charge in [-0.25, -0.2) is 19.9 Å². The minimum atomic E-state index is -0.00967. The van der Waals surface area contributed by atoms with E-state index in [1.165, 1.54) is 23.3 Å². The van der Waals surface area contributed by atoms with Gasteiger partial charge in [-0.05, 0) is 99.3 Å². The average molecular weight is 771 g/mol. The van der Waals surface area contributed by atoms with E-state index < -0.39 is 0 Å². The summed E-state index contributed by atoms with van der Waals surface area (Å²) in [5, 5.41) is 9.30. The number of ether oxygens (including phenoxy) is 2. The van der Waals surface area contributed by atoms with E-state index in [1.54, 1.807) is 26.9 Å². The smallest absolute Gasteiger partial charge is 0.246 e. The highest BCUT2D eigenvalue weighted by Gasteiger charge is 2.41. The first-order valence-corrected chi connectivity index (χ1v) is 19.2. The van der Waals surface area contributed by atoms with Crippen LogP contribution in [0.2, 0.25) is 0 Å². The monoisotopic (exact) mass is 770 g/mol. The lowest BCUT2D eigenvalue weighted by Gasteiger charge is -2.38. The Hall–Kier alpha value is -4.82. The molecule has 4 aromatic rings. The molecule has 4 N–H and O–H groups in total. The quantitative estimate of drug-likeness (QED) is 0.115. The molecular formula is C42H62N10O4. The third kappa shape index (κ3) is 8.91. The summed E-state index contributed by atoms with van der Waals surface area (Å²) in [6.07, 6.45) is 16.3. The Kier molecular flexibility index (Phi) is 13.9. The van der Waals surface area contributed by atoms with E-state index in [0.717, 1.165) is 85.4 Å². The van der Waals surface area contributed by atoms with Gasteiger partial charge in [-0.15, -0.1) is 0 Å². The van der Waals surface area contributed by atoms with Crippen molar-refractivity contribution >= 4 is 45.5 Å². The Morgan fingerprint density at radius 3 is 1.52 bits per heavy atom. The van der Waals surface area contributed by atoms with E-state index in [1.807, 2.05) is 9.80 Å². The molecule has 2 aliphatic carbocycles. The summed E-state index contributed by atoms with van der Waals surface area (Å²) >= 11 is 0. The van der Waals surface area contributed by atoms with Crippen LogP contribution in [0.1, 0.15) is 90.2 Å². The summed E-state index contributed by atoms with van der Waals surface area (Å²) < 4.78 is 10.6. The van der Waals surface area contributed by atoms with Crippen LogP contribution in [0.25, 0.3) is 22.1 Å². The fourth-order valence-corrected chi connectivity index (χ4v) is 8.52. The first kappa shape index (κ1) is 42.3. The number of carbonyl (C=O) groups is 2. The van der Waals surface area contributed by atoms with Crippen LogP contribution < -0.4 is 10.6 Å². The zero-order valence-electron chi connectivity index (χ0n) is 31.9. The number of aromatic nitrogens is 6. The molecule has 2 saturated heterocycles. The molecule has 304 valence electrons. The van der Waals surface area contributed by atoms with Crippen LogP contribution in [0.4, 0.5) is 11.6 Å². The first-order valence-electron chi connectivity index (χ1n) is 19.2. The maximum Gasteiger partial charge on any atom is 0.246 e. The summed E-state index contributed by atoms with van der Waals surface area (Å²) in [5.74, 6) is 3.81. The number of piperidine rings is 2. The number of fused-ring (bicyclic) bond motifs is 2. The molecule has 4 aliphatic rings. The SMILES string of the molecule is C.C.C=CC(=O)N1C[C@H](Nc2ncnc3[nH]cc(C4CC4COC)c23)CC[C@@H]1C.C=CC(=O)N1C[C@H](Nc2ncnc3[nH]cc(C4C[C@H]4COC)c23)CC[C@@H]1C. The zero-order chi connectivity index (χ0) is 37.9. The van der Waals surface area contributed by atoms with Crippen molar-refractivity contribution in [3.05, 3.63) is 61.5 Å². The predicted octanol–water partition coefficient (Wildman–Crippen LogP) is 6.64. The van der Waals surface area contributed by atoms with Crippen molar-refractivity contribution in [1.29, 1.82) is 0 Å². The van der Waals surface area contributed by atoms with Crippen molar-refractivity contribution in [2.45, 2.75) is 103 Å². The van der Waals surface area contributed by atoms with Gasteiger partial charge in [0.25, 0.3) is 0 Å². The number of hydrogen-bond donors (Lipinski definition) is 4. The van der Waals surface area contributed by atoms with E-state index >= 15 is 0 Å². The van der Waals surface area contributed by atoms with Gasteiger partial charge < -0.3 is 39.9 Å². The minimum absolute atomic E-state index is 0. The Bertz CT molecular complexity index is 1840. The number of nitrogens with one attached hydrogen (secondary N) is 4. The van der Waals surface area contributed by atoms with Gasteiger partial charge in [0.15, 0.2) is 0 Å². The van der Waals surface area contributed by atoms with Crippen molar-refractivity contribution in [2.75, 3.05) is 51.2 Å². The molecule has 2 saturated carbocycles. The molecule has 0 radical (unpaired) electrons. The number of carbonyl (C=O) groups excluding carboxylic acids is 2. The summed E-state index contributed by atoms with van der Waals surface area (Å²) in [6.45, 7) is 14.3. The van der Waals surface area contributed by atoms with E-state index in [2.05, 4.69) is 79.9 Å².